The van der Waals surface area contributed by atoms with E-state index in [2.05, 4.69) is 23.7 Å². The Morgan fingerprint density at radius 3 is 2.71 bits per heavy atom. The predicted molar refractivity (Wildman–Crippen MR) is 72.9 cm³/mol. The van der Waals surface area contributed by atoms with Crippen LogP contribution in [0, 0.1) is 5.92 Å². The summed E-state index contributed by atoms with van der Waals surface area (Å²) < 4.78 is 0. The fourth-order valence-corrected chi connectivity index (χ4v) is 2.97. The van der Waals surface area contributed by atoms with Crippen LogP contribution in [0.3, 0.4) is 0 Å². The Morgan fingerprint density at radius 1 is 1.53 bits per heavy atom. The zero-order valence-corrected chi connectivity index (χ0v) is 11.9. The first-order valence-corrected chi connectivity index (χ1v) is 7.34. The summed E-state index contributed by atoms with van der Waals surface area (Å²) >= 11 is 7.51. The second-order valence-electron chi connectivity index (χ2n) is 4.98. The third-order valence-corrected chi connectivity index (χ3v) is 4.46. The van der Waals surface area contributed by atoms with Crippen LogP contribution in [0.5, 0.6) is 0 Å². The van der Waals surface area contributed by atoms with E-state index in [1.807, 2.05) is 0 Å². The highest BCUT2D eigenvalue weighted by Gasteiger charge is 2.31. The molecule has 1 heterocycles. The maximum Gasteiger partial charge on any atom is 0.187 e. The molecule has 1 aliphatic rings. The van der Waals surface area contributed by atoms with Crippen LogP contribution in [0.2, 0.25) is 5.15 Å². The van der Waals surface area contributed by atoms with Gasteiger partial charge < -0.3 is 10.0 Å². The Bertz CT molecular complexity index is 377. The maximum absolute atomic E-state index is 9.15. The molecule has 0 saturated heterocycles. The Hall–Kier alpha value is -0.320. The van der Waals surface area contributed by atoms with E-state index in [1.165, 1.54) is 30.6 Å². The minimum Gasteiger partial charge on any atom is -0.391 e. The first kappa shape index (κ1) is 13.1. The van der Waals surface area contributed by atoms with Crippen molar-refractivity contribution in [1.82, 2.24) is 4.98 Å². The molecule has 0 bridgehead atoms. The molecular weight excluding hydrogens is 256 g/mol. The minimum atomic E-state index is -0.0147. The van der Waals surface area contributed by atoms with Gasteiger partial charge >= 0.3 is 0 Å². The summed E-state index contributed by atoms with van der Waals surface area (Å²) in [5.41, 5.74) is 0. The van der Waals surface area contributed by atoms with E-state index >= 15 is 0 Å². The van der Waals surface area contributed by atoms with Crippen molar-refractivity contribution in [3.8, 4) is 0 Å². The number of thiazole rings is 1. The summed E-state index contributed by atoms with van der Waals surface area (Å²) in [5, 5.41) is 10.6. The molecule has 2 rings (SSSR count). The second kappa shape index (κ2) is 5.55. The van der Waals surface area contributed by atoms with Crippen molar-refractivity contribution in [3.63, 3.8) is 0 Å². The first-order valence-electron chi connectivity index (χ1n) is 6.14. The SMILES string of the molecule is CC(C)CCN(c1nc(Cl)c(CO)s1)C1CC1. The molecule has 0 spiro atoms. The minimum absolute atomic E-state index is 0.0147. The lowest BCUT2D eigenvalue weighted by atomic mass is 10.1. The van der Waals surface area contributed by atoms with Gasteiger partial charge in [0.1, 0.15) is 5.15 Å². The van der Waals surface area contributed by atoms with Crippen molar-refractivity contribution < 1.29 is 5.11 Å². The van der Waals surface area contributed by atoms with E-state index in [9.17, 15) is 0 Å². The van der Waals surface area contributed by atoms with Crippen molar-refractivity contribution in [2.24, 2.45) is 5.92 Å². The van der Waals surface area contributed by atoms with Crippen molar-refractivity contribution >= 4 is 28.1 Å². The molecule has 1 N–H and O–H groups in total. The monoisotopic (exact) mass is 274 g/mol. The number of aliphatic hydroxyl groups excluding tert-OH is 1. The molecule has 0 aliphatic heterocycles. The van der Waals surface area contributed by atoms with Gasteiger partial charge in [0.05, 0.1) is 11.5 Å². The third-order valence-electron chi connectivity index (χ3n) is 2.96. The zero-order chi connectivity index (χ0) is 12.4. The molecule has 1 aromatic rings. The van der Waals surface area contributed by atoms with E-state index in [0.29, 0.717) is 17.1 Å². The van der Waals surface area contributed by atoms with Crippen molar-refractivity contribution in [1.29, 1.82) is 0 Å². The number of hydrogen-bond acceptors (Lipinski definition) is 4. The highest BCUT2D eigenvalue weighted by Crippen LogP contribution is 2.37. The van der Waals surface area contributed by atoms with Crippen LogP contribution >= 0.6 is 22.9 Å². The molecule has 0 unspecified atom stereocenters. The summed E-state index contributed by atoms with van der Waals surface area (Å²) in [5.74, 6) is 0.698. The topological polar surface area (TPSA) is 36.4 Å². The molecule has 0 aromatic carbocycles. The van der Waals surface area contributed by atoms with E-state index in [-0.39, 0.29) is 6.61 Å². The lowest BCUT2D eigenvalue weighted by molar-refractivity contribution is 0.285. The molecule has 5 heteroatoms. The van der Waals surface area contributed by atoms with Gasteiger partial charge in [0.15, 0.2) is 5.13 Å². The molecule has 3 nitrogen and oxygen atoms in total. The van der Waals surface area contributed by atoms with Crippen molar-refractivity contribution in [2.45, 2.75) is 45.8 Å². The number of aliphatic hydroxyl groups is 1. The number of hydrogen-bond donors (Lipinski definition) is 1. The standard InChI is InChI=1S/C12H19ClN2OS/c1-8(2)5-6-15(9-3-4-9)12-14-11(13)10(7-16)17-12/h8-9,16H,3-7H2,1-2H3. The van der Waals surface area contributed by atoms with Gasteiger partial charge in [0, 0.05) is 12.6 Å². The lowest BCUT2D eigenvalue weighted by Gasteiger charge is -2.22. The molecular formula is C12H19ClN2OS. The van der Waals surface area contributed by atoms with Crippen LogP contribution in [0.1, 0.15) is 38.0 Å². The zero-order valence-electron chi connectivity index (χ0n) is 10.3. The van der Waals surface area contributed by atoms with Crippen LogP contribution in [-0.2, 0) is 6.61 Å². The van der Waals surface area contributed by atoms with Crippen LogP contribution in [0.25, 0.3) is 0 Å². The Labute approximate surface area is 111 Å². The van der Waals surface area contributed by atoms with Gasteiger partial charge in [-0.3, -0.25) is 0 Å². The smallest absolute Gasteiger partial charge is 0.187 e. The molecule has 17 heavy (non-hydrogen) atoms. The number of halogens is 1. The Kier molecular flexibility index (Phi) is 4.28. The highest BCUT2D eigenvalue weighted by atomic mass is 35.5. The van der Waals surface area contributed by atoms with Gasteiger partial charge in [0.2, 0.25) is 0 Å². The third kappa shape index (κ3) is 3.33. The summed E-state index contributed by atoms with van der Waals surface area (Å²) in [6.07, 6.45) is 3.68. The fourth-order valence-electron chi connectivity index (χ4n) is 1.76. The van der Waals surface area contributed by atoms with Gasteiger partial charge in [-0.15, -0.1) is 0 Å². The normalized spacial score (nSPS) is 15.6. The van der Waals surface area contributed by atoms with Crippen LogP contribution in [0.15, 0.2) is 0 Å². The van der Waals surface area contributed by atoms with Gasteiger partial charge in [-0.05, 0) is 25.2 Å². The summed E-state index contributed by atoms with van der Waals surface area (Å²) in [6.45, 7) is 5.49. The van der Waals surface area contributed by atoms with Crippen molar-refractivity contribution in [3.05, 3.63) is 10.0 Å². The van der Waals surface area contributed by atoms with Gasteiger partial charge in [0.25, 0.3) is 0 Å². The van der Waals surface area contributed by atoms with E-state index in [0.717, 1.165) is 16.6 Å². The van der Waals surface area contributed by atoms with Gasteiger partial charge in [-0.1, -0.05) is 36.8 Å². The number of nitrogens with zero attached hydrogens (tertiary/aromatic N) is 2. The second-order valence-corrected chi connectivity index (χ2v) is 6.40. The van der Waals surface area contributed by atoms with Gasteiger partial charge in [-0.25, -0.2) is 4.98 Å². The number of rotatable bonds is 6. The number of anilines is 1. The molecule has 1 fully saturated rings. The highest BCUT2D eigenvalue weighted by molar-refractivity contribution is 7.16. The molecule has 96 valence electrons. The average Bonchev–Trinajstić information content (AvgIpc) is 3.03. The van der Waals surface area contributed by atoms with E-state index < -0.39 is 0 Å². The Morgan fingerprint density at radius 2 is 2.24 bits per heavy atom. The van der Waals surface area contributed by atoms with Gasteiger partial charge in [-0.2, -0.15) is 0 Å². The molecule has 0 atom stereocenters. The quantitative estimate of drug-likeness (QED) is 0.865. The van der Waals surface area contributed by atoms with Crippen LogP contribution < -0.4 is 4.90 Å². The molecule has 1 aliphatic carbocycles. The summed E-state index contributed by atoms with van der Waals surface area (Å²) in [7, 11) is 0. The van der Waals surface area contributed by atoms with E-state index in [1.54, 1.807) is 0 Å². The van der Waals surface area contributed by atoms with E-state index in [4.69, 9.17) is 16.7 Å². The lowest BCUT2D eigenvalue weighted by Crippen LogP contribution is -2.27. The molecule has 0 radical (unpaired) electrons. The summed E-state index contributed by atoms with van der Waals surface area (Å²) in [6, 6.07) is 0.641. The molecule has 0 amide bonds. The van der Waals surface area contributed by atoms with Crippen LogP contribution in [0.4, 0.5) is 5.13 Å². The van der Waals surface area contributed by atoms with Crippen LogP contribution in [-0.4, -0.2) is 22.7 Å². The fraction of sp³-hybridized carbons (Fsp3) is 0.750. The Balaban J connectivity index is 2.08. The average molecular weight is 275 g/mol. The number of aromatic nitrogens is 1. The van der Waals surface area contributed by atoms with Crippen molar-refractivity contribution in [2.75, 3.05) is 11.4 Å². The molecule has 1 aromatic heterocycles. The first-order chi connectivity index (χ1) is 8.11. The predicted octanol–water partition coefficient (Wildman–Crippen LogP) is 3.30. The molecule has 1 saturated carbocycles. The maximum atomic E-state index is 9.15. The largest absolute Gasteiger partial charge is 0.391 e. The summed E-state index contributed by atoms with van der Waals surface area (Å²) in [4.78, 5) is 7.50.